The molecule has 320 valence electrons. The average Bonchev–Trinajstić information content (AvgIpc) is 3.44. The van der Waals surface area contributed by atoms with Crippen LogP contribution < -0.4 is 64.2 Å². The summed E-state index contributed by atoms with van der Waals surface area (Å²) < 4.78 is 25.1. The number of nitrogens with zero attached hydrogens (tertiary/aromatic N) is 3. The first kappa shape index (κ1) is 48.1. The Morgan fingerprint density at radius 1 is 0.820 bits per heavy atom. The minimum atomic E-state index is -1.74. The van der Waals surface area contributed by atoms with Crippen LogP contribution in [0.25, 0.3) is 0 Å². The number of amides is 6. The molecule has 0 aliphatic carbocycles. The first-order valence-corrected chi connectivity index (χ1v) is 19.1. The van der Waals surface area contributed by atoms with Gasteiger partial charge in [-0.25, -0.2) is 4.79 Å². The summed E-state index contributed by atoms with van der Waals surface area (Å²) in [4.78, 5) is 129. The summed E-state index contributed by atoms with van der Waals surface area (Å²) in [6, 6.07) is 2.08. The molecule has 0 bridgehead atoms. The molecule has 2 aromatic rings. The predicted molar refractivity (Wildman–Crippen MR) is 200 cm³/mol. The number of carboxylic acid groups (broad SMARTS) is 1. The number of benzene rings is 2. The number of piperazine rings is 1. The molecule has 61 heavy (non-hydrogen) atoms. The van der Waals surface area contributed by atoms with Crippen molar-refractivity contribution in [1.29, 1.82) is 0 Å². The number of fused-ring (bicyclic) bond motifs is 1. The third-order valence-corrected chi connectivity index (χ3v) is 10.9. The van der Waals surface area contributed by atoms with Crippen molar-refractivity contribution in [3.8, 4) is 23.0 Å². The van der Waals surface area contributed by atoms with E-state index in [0.717, 1.165) is 43.5 Å². The van der Waals surface area contributed by atoms with Crippen molar-refractivity contribution in [1.82, 2.24) is 25.3 Å². The van der Waals surface area contributed by atoms with Gasteiger partial charge in [0.1, 0.15) is 17.5 Å². The van der Waals surface area contributed by atoms with Crippen LogP contribution in [0.1, 0.15) is 58.7 Å². The summed E-state index contributed by atoms with van der Waals surface area (Å²) in [5.41, 5.74) is 0.373. The molecular weight excluding hydrogens is 837 g/mol. The maximum Gasteiger partial charge on any atom is 1.00 e. The zero-order valence-corrected chi connectivity index (χ0v) is 36.9. The Labute approximate surface area is 374 Å². The molecule has 6 amide bonds. The molecule has 2 aromatic carbocycles. The molecule has 3 aliphatic rings. The zero-order chi connectivity index (χ0) is 44.2. The number of nitrogens with one attached hydrogen (secondary N) is 2. The van der Waals surface area contributed by atoms with Crippen molar-refractivity contribution in [3.05, 3.63) is 47.5 Å². The Balaban J connectivity index is 0.00000819. The molecule has 3 aliphatic heterocycles. The van der Waals surface area contributed by atoms with Crippen LogP contribution in [0.15, 0.2) is 36.4 Å². The molecule has 0 spiro atoms. The maximum absolute atomic E-state index is 14.1. The van der Waals surface area contributed by atoms with E-state index < -0.39 is 87.8 Å². The Morgan fingerprint density at radius 2 is 1.38 bits per heavy atom. The molecule has 21 nitrogen and oxygen atoms in total. The Kier molecular flexibility index (Phi) is 15.7. The normalized spacial score (nSPS) is 20.9. The number of β-lactam (4-membered cyclic amide) rings is 1. The molecule has 2 N–H and O–H groups in total. The van der Waals surface area contributed by atoms with E-state index in [-0.39, 0.29) is 91.0 Å². The number of aliphatic carboxylic acids is 1. The topological polar surface area (TPSA) is 274 Å². The average molecular weight is 878 g/mol. The number of carbonyl (C=O) groups excluding carboxylic acids is 10. The summed E-state index contributed by atoms with van der Waals surface area (Å²) in [6.07, 6.45) is 0. The minimum Gasteiger partial charge on any atom is -0.548 e. The minimum absolute atomic E-state index is 0. The van der Waals surface area contributed by atoms with Crippen LogP contribution in [0.2, 0.25) is 0 Å². The van der Waals surface area contributed by atoms with Gasteiger partial charge in [-0.15, -0.1) is 11.8 Å². The number of rotatable bonds is 14. The molecule has 0 saturated carbocycles. The number of imide groups is 1. The summed E-state index contributed by atoms with van der Waals surface area (Å²) in [6.45, 7) is 7.26. The van der Waals surface area contributed by atoms with Crippen molar-refractivity contribution in [2.45, 2.75) is 76.4 Å². The van der Waals surface area contributed by atoms with Gasteiger partial charge in [0, 0.05) is 47.3 Å². The quantitative estimate of drug-likeness (QED) is 0.0608. The molecule has 5 atom stereocenters. The Bertz CT molecular complexity index is 2170. The van der Waals surface area contributed by atoms with E-state index in [1.54, 1.807) is 6.92 Å². The Morgan fingerprint density at radius 3 is 1.93 bits per heavy atom. The number of esters is 4. The smallest absolute Gasteiger partial charge is 0.548 e. The van der Waals surface area contributed by atoms with Crippen molar-refractivity contribution in [3.63, 3.8) is 0 Å². The number of carboxylic acids is 1. The van der Waals surface area contributed by atoms with Crippen LogP contribution in [-0.4, -0.2) is 123 Å². The van der Waals surface area contributed by atoms with Gasteiger partial charge in [0.2, 0.25) is 11.8 Å². The third-order valence-electron chi connectivity index (χ3n) is 9.29. The molecule has 5 rings (SSSR count). The SMILES string of the molecule is CCN1CCN(C(=O)NC(C(=O)N[C@@H]2C(=O)N3[C@@H]2S[C@@](C)(COCc2ccc(OC(C)=O)c(OC(C)=O)c2)[C@@H]3C(=O)[O-])c2ccc(OC(C)=O)c(OC(C)=O)c2)C(=O)C1=O.[Na+]. The van der Waals surface area contributed by atoms with E-state index in [9.17, 15) is 53.1 Å². The van der Waals surface area contributed by atoms with E-state index in [1.165, 1.54) is 49.1 Å². The largest absolute Gasteiger partial charge is 1.00 e. The zero-order valence-electron chi connectivity index (χ0n) is 34.1. The molecular formula is C38H40N5NaO16S. The van der Waals surface area contributed by atoms with Crippen molar-refractivity contribution >= 4 is 71.3 Å². The monoisotopic (exact) mass is 877 g/mol. The van der Waals surface area contributed by atoms with Crippen LogP contribution in [0.4, 0.5) is 4.79 Å². The van der Waals surface area contributed by atoms with E-state index in [2.05, 4.69) is 10.6 Å². The van der Waals surface area contributed by atoms with Gasteiger partial charge in [0.25, 0.3) is 0 Å². The number of likely N-dealkylation sites (N-methyl/N-ethyl adjacent to an activating group) is 1. The molecule has 3 saturated heterocycles. The summed E-state index contributed by atoms with van der Waals surface area (Å²) in [7, 11) is 0. The van der Waals surface area contributed by atoms with Crippen LogP contribution >= 0.6 is 11.8 Å². The second kappa shape index (κ2) is 19.9. The van der Waals surface area contributed by atoms with Crippen molar-refractivity contribution in [2.75, 3.05) is 26.2 Å². The van der Waals surface area contributed by atoms with Crippen LogP contribution in [0.5, 0.6) is 23.0 Å². The van der Waals surface area contributed by atoms with Gasteiger partial charge in [-0.05, 0) is 49.2 Å². The van der Waals surface area contributed by atoms with Crippen LogP contribution in [0.3, 0.4) is 0 Å². The van der Waals surface area contributed by atoms with Crippen molar-refractivity contribution < 1.29 is 106 Å². The van der Waals surface area contributed by atoms with Gasteiger partial charge in [-0.1, -0.05) is 12.1 Å². The van der Waals surface area contributed by atoms with Gasteiger partial charge in [0.15, 0.2) is 23.0 Å². The molecule has 3 fully saturated rings. The molecule has 23 heteroatoms. The fraction of sp³-hybridized carbons (Fsp3) is 0.421. The maximum atomic E-state index is 14.1. The summed E-state index contributed by atoms with van der Waals surface area (Å²) in [5.74, 6) is -9.09. The summed E-state index contributed by atoms with van der Waals surface area (Å²) >= 11 is 1.00. The van der Waals surface area contributed by atoms with Crippen LogP contribution in [-0.2, 0) is 54.5 Å². The van der Waals surface area contributed by atoms with Gasteiger partial charge < -0.3 is 54.0 Å². The van der Waals surface area contributed by atoms with Gasteiger partial charge >= 0.3 is 71.3 Å². The molecule has 0 aromatic heterocycles. The van der Waals surface area contributed by atoms with Gasteiger partial charge in [-0.2, -0.15) is 0 Å². The number of thioether (sulfide) groups is 1. The number of hydrogen-bond acceptors (Lipinski definition) is 17. The second-order valence-corrected chi connectivity index (χ2v) is 15.5. The number of urea groups is 1. The number of carbonyl (C=O) groups is 10. The van der Waals surface area contributed by atoms with E-state index >= 15 is 0 Å². The van der Waals surface area contributed by atoms with E-state index in [0.29, 0.717) is 10.5 Å². The summed E-state index contributed by atoms with van der Waals surface area (Å²) in [5, 5.41) is 16.5. The first-order valence-electron chi connectivity index (χ1n) is 18.2. The van der Waals surface area contributed by atoms with Crippen LogP contribution in [0, 0.1) is 0 Å². The Hall–Kier alpha value is -5.55. The first-order chi connectivity index (χ1) is 28.2. The molecule has 3 heterocycles. The van der Waals surface area contributed by atoms with Crippen molar-refractivity contribution in [2.24, 2.45) is 0 Å². The fourth-order valence-electron chi connectivity index (χ4n) is 6.70. The predicted octanol–water partition coefficient (Wildman–Crippen LogP) is -3.67. The molecule has 0 radical (unpaired) electrons. The molecule has 1 unspecified atom stereocenters. The second-order valence-electron chi connectivity index (χ2n) is 13.9. The third kappa shape index (κ3) is 10.9. The van der Waals surface area contributed by atoms with Gasteiger partial charge in [0.05, 0.1) is 30.0 Å². The van der Waals surface area contributed by atoms with E-state index in [1.807, 2.05) is 0 Å². The van der Waals surface area contributed by atoms with E-state index in [4.69, 9.17) is 23.7 Å². The fourth-order valence-corrected chi connectivity index (χ4v) is 8.40. The van der Waals surface area contributed by atoms with Gasteiger partial charge in [-0.3, -0.25) is 43.3 Å². The standard InChI is InChI=1S/C38H41N5O16S.Na/c1-7-41-12-13-42(34(51)33(41)50)37(54)40-28(23-9-11-25(57-19(3)45)27(15-23)59-21(5)47)31(48)39-29-32(49)43-30(36(52)53)38(6,60-35(29)43)17-55-16-22-8-10-24(56-18(2)44)26(14-22)58-20(4)46;/h8-11,14-15,28-30,35H,7,12-13,16-17H2,1-6H3,(H,39,48)(H,40,54)(H,52,53);/q;+1/p-1/t28?,29-,30+,35-,38+;/m1./s1. The number of hydrogen-bond donors (Lipinski definition) is 2. The number of ether oxygens (including phenoxy) is 5.